The summed E-state index contributed by atoms with van der Waals surface area (Å²) in [4.78, 5) is 3.17. The summed E-state index contributed by atoms with van der Waals surface area (Å²) in [5, 5.41) is 8.65. The highest BCUT2D eigenvalue weighted by atomic mass is 35.5. The number of pyridine rings is 1. The molecule has 0 fully saturated rings. The summed E-state index contributed by atoms with van der Waals surface area (Å²) < 4.78 is 37.6. The number of halogens is 4. The SMILES string of the molecule is OCc1cc(CCl)c(C(F)F)c(F)n1. The first kappa shape index (κ1) is 11.3. The minimum atomic E-state index is -2.95. The average Bonchev–Trinajstić information content (AvgIpc) is 2.15. The molecule has 0 bridgehead atoms. The van der Waals surface area contributed by atoms with Crippen LogP contribution in [-0.4, -0.2) is 10.1 Å². The van der Waals surface area contributed by atoms with Crippen LogP contribution in [0.1, 0.15) is 23.2 Å². The summed E-state index contributed by atoms with van der Waals surface area (Å²) in [6, 6.07) is 1.16. The van der Waals surface area contributed by atoms with Crippen molar-refractivity contribution in [1.82, 2.24) is 4.98 Å². The van der Waals surface area contributed by atoms with Crippen molar-refractivity contribution < 1.29 is 18.3 Å². The number of hydrogen-bond donors (Lipinski definition) is 1. The molecule has 78 valence electrons. The maximum absolute atomic E-state index is 13.0. The second-order valence-electron chi connectivity index (χ2n) is 2.57. The van der Waals surface area contributed by atoms with E-state index in [1.807, 2.05) is 0 Å². The number of aromatic nitrogens is 1. The minimum absolute atomic E-state index is 0.0115. The van der Waals surface area contributed by atoms with Crippen LogP contribution in [0.3, 0.4) is 0 Å². The third-order valence-corrected chi connectivity index (χ3v) is 1.96. The van der Waals surface area contributed by atoms with Crippen molar-refractivity contribution in [2.45, 2.75) is 18.9 Å². The molecule has 1 aromatic heterocycles. The van der Waals surface area contributed by atoms with E-state index >= 15 is 0 Å². The molecule has 0 atom stereocenters. The molecule has 0 saturated carbocycles. The van der Waals surface area contributed by atoms with Gasteiger partial charge in [-0.3, -0.25) is 0 Å². The van der Waals surface area contributed by atoms with Crippen molar-refractivity contribution in [3.63, 3.8) is 0 Å². The topological polar surface area (TPSA) is 33.1 Å². The van der Waals surface area contributed by atoms with Gasteiger partial charge in [-0.15, -0.1) is 11.6 Å². The Balaban J connectivity index is 3.27. The fourth-order valence-electron chi connectivity index (χ4n) is 1.05. The van der Waals surface area contributed by atoms with Crippen LogP contribution in [-0.2, 0) is 12.5 Å². The van der Waals surface area contributed by atoms with Gasteiger partial charge in [0.1, 0.15) is 0 Å². The molecule has 0 aromatic carbocycles. The van der Waals surface area contributed by atoms with Crippen LogP contribution < -0.4 is 0 Å². The second kappa shape index (κ2) is 4.61. The lowest BCUT2D eigenvalue weighted by Gasteiger charge is -2.08. The van der Waals surface area contributed by atoms with Gasteiger partial charge in [0, 0.05) is 5.88 Å². The van der Waals surface area contributed by atoms with Gasteiger partial charge in [-0.25, -0.2) is 13.8 Å². The van der Waals surface area contributed by atoms with E-state index < -0.39 is 24.5 Å². The fraction of sp³-hybridized carbons (Fsp3) is 0.375. The molecule has 0 radical (unpaired) electrons. The summed E-state index contributed by atoms with van der Waals surface area (Å²) in [5.41, 5.74) is -0.849. The number of alkyl halides is 3. The Morgan fingerprint density at radius 3 is 2.57 bits per heavy atom. The maximum atomic E-state index is 13.0. The molecule has 6 heteroatoms. The molecule has 0 spiro atoms. The maximum Gasteiger partial charge on any atom is 0.268 e. The van der Waals surface area contributed by atoms with Crippen LogP contribution in [0.2, 0.25) is 0 Å². The van der Waals surface area contributed by atoms with E-state index in [1.165, 1.54) is 0 Å². The quantitative estimate of drug-likeness (QED) is 0.633. The Morgan fingerprint density at radius 1 is 1.50 bits per heavy atom. The molecule has 1 N–H and O–H groups in total. The lowest BCUT2D eigenvalue weighted by atomic mass is 10.1. The molecule has 1 heterocycles. The largest absolute Gasteiger partial charge is 0.390 e. The molecule has 1 rings (SSSR count). The van der Waals surface area contributed by atoms with Gasteiger partial charge in [0.15, 0.2) is 0 Å². The molecule has 1 aromatic rings. The van der Waals surface area contributed by atoms with Gasteiger partial charge < -0.3 is 5.11 Å². The van der Waals surface area contributed by atoms with Gasteiger partial charge >= 0.3 is 0 Å². The molecule has 0 aliphatic heterocycles. The molecule has 2 nitrogen and oxygen atoms in total. The summed E-state index contributed by atoms with van der Waals surface area (Å²) in [6.07, 6.45) is -2.95. The summed E-state index contributed by atoms with van der Waals surface area (Å²) in [6.45, 7) is -0.510. The highest BCUT2D eigenvalue weighted by Crippen LogP contribution is 2.26. The number of rotatable bonds is 3. The lowest BCUT2D eigenvalue weighted by Crippen LogP contribution is -2.04. The summed E-state index contributed by atoms with van der Waals surface area (Å²) in [7, 11) is 0. The first-order valence-electron chi connectivity index (χ1n) is 3.73. The highest BCUT2D eigenvalue weighted by Gasteiger charge is 2.20. The molecular formula is C8H7ClF3NO. The monoisotopic (exact) mass is 225 g/mol. The zero-order valence-electron chi connectivity index (χ0n) is 6.98. The fourth-order valence-corrected chi connectivity index (χ4v) is 1.27. The number of aliphatic hydroxyl groups excluding tert-OH is 1. The van der Waals surface area contributed by atoms with Crippen LogP contribution in [0.25, 0.3) is 0 Å². The first-order valence-corrected chi connectivity index (χ1v) is 4.26. The van der Waals surface area contributed by atoms with Crippen LogP contribution >= 0.6 is 11.6 Å². The van der Waals surface area contributed by atoms with Crippen molar-refractivity contribution in [2.24, 2.45) is 0 Å². The van der Waals surface area contributed by atoms with Gasteiger partial charge in [-0.05, 0) is 11.6 Å². The normalized spacial score (nSPS) is 11.0. The van der Waals surface area contributed by atoms with E-state index in [9.17, 15) is 13.2 Å². The molecule has 0 aliphatic rings. The Bertz CT molecular complexity index is 333. The number of aliphatic hydroxyl groups is 1. The predicted octanol–water partition coefficient (Wildman–Crippen LogP) is 2.39. The van der Waals surface area contributed by atoms with Gasteiger partial charge in [0.2, 0.25) is 5.95 Å². The average molecular weight is 226 g/mol. The molecular weight excluding hydrogens is 219 g/mol. The molecule has 0 amide bonds. The van der Waals surface area contributed by atoms with E-state index in [1.54, 1.807) is 0 Å². The van der Waals surface area contributed by atoms with Crippen LogP contribution in [0, 0.1) is 5.95 Å². The summed E-state index contributed by atoms with van der Waals surface area (Å²) >= 11 is 5.37. The van der Waals surface area contributed by atoms with E-state index in [2.05, 4.69) is 4.98 Å². The Kier molecular flexibility index (Phi) is 3.71. The van der Waals surface area contributed by atoms with Gasteiger partial charge in [-0.1, -0.05) is 0 Å². The number of hydrogen-bond acceptors (Lipinski definition) is 2. The standard InChI is InChI=1S/C8H7ClF3NO/c9-2-4-1-5(3-14)13-8(12)6(4)7(10)11/h1,7,14H,2-3H2. The van der Waals surface area contributed by atoms with Crippen LogP contribution in [0.15, 0.2) is 6.07 Å². The van der Waals surface area contributed by atoms with Gasteiger partial charge in [0.25, 0.3) is 6.43 Å². The van der Waals surface area contributed by atoms with E-state index in [0.29, 0.717) is 0 Å². The Labute approximate surface area is 83.3 Å². The van der Waals surface area contributed by atoms with Crippen LogP contribution in [0.5, 0.6) is 0 Å². The molecule has 0 aliphatic carbocycles. The Hall–Kier alpha value is -0.810. The van der Waals surface area contributed by atoms with Crippen molar-refractivity contribution in [3.05, 3.63) is 28.8 Å². The van der Waals surface area contributed by atoms with E-state index in [-0.39, 0.29) is 17.1 Å². The van der Waals surface area contributed by atoms with Crippen molar-refractivity contribution in [2.75, 3.05) is 0 Å². The third kappa shape index (κ3) is 2.16. The van der Waals surface area contributed by atoms with E-state index in [4.69, 9.17) is 16.7 Å². The van der Waals surface area contributed by atoms with Gasteiger partial charge in [-0.2, -0.15) is 4.39 Å². The lowest BCUT2D eigenvalue weighted by molar-refractivity contribution is 0.143. The first-order chi connectivity index (χ1) is 6.60. The number of nitrogens with zero attached hydrogens (tertiary/aromatic N) is 1. The second-order valence-corrected chi connectivity index (χ2v) is 2.84. The van der Waals surface area contributed by atoms with Crippen molar-refractivity contribution >= 4 is 11.6 Å². The van der Waals surface area contributed by atoms with Crippen molar-refractivity contribution in [1.29, 1.82) is 0 Å². The molecule has 0 saturated heterocycles. The summed E-state index contributed by atoms with van der Waals surface area (Å²) in [5.74, 6) is -1.52. The molecule has 14 heavy (non-hydrogen) atoms. The van der Waals surface area contributed by atoms with Crippen molar-refractivity contribution in [3.8, 4) is 0 Å². The minimum Gasteiger partial charge on any atom is -0.390 e. The highest BCUT2D eigenvalue weighted by molar-refractivity contribution is 6.17. The van der Waals surface area contributed by atoms with Crippen LogP contribution in [0.4, 0.5) is 13.2 Å². The zero-order valence-corrected chi connectivity index (χ0v) is 7.73. The zero-order chi connectivity index (χ0) is 10.7. The molecule has 0 unspecified atom stereocenters. The van der Waals surface area contributed by atoms with Gasteiger partial charge in [0.05, 0.1) is 17.9 Å². The smallest absolute Gasteiger partial charge is 0.268 e. The Morgan fingerprint density at radius 2 is 2.14 bits per heavy atom. The predicted molar refractivity (Wildman–Crippen MR) is 44.6 cm³/mol. The van der Waals surface area contributed by atoms with E-state index in [0.717, 1.165) is 6.07 Å². The third-order valence-electron chi connectivity index (χ3n) is 1.67.